The van der Waals surface area contributed by atoms with Crippen molar-refractivity contribution in [2.24, 2.45) is 0 Å². The van der Waals surface area contributed by atoms with Crippen molar-refractivity contribution in [1.29, 1.82) is 0 Å². The first-order valence-corrected chi connectivity index (χ1v) is 6.38. The van der Waals surface area contributed by atoms with Gasteiger partial charge in [-0.1, -0.05) is 29.8 Å². The van der Waals surface area contributed by atoms with Gasteiger partial charge in [-0.2, -0.15) is 4.98 Å². The van der Waals surface area contributed by atoms with Gasteiger partial charge in [-0.15, -0.1) is 0 Å². The van der Waals surface area contributed by atoms with Crippen LogP contribution in [-0.4, -0.2) is 29.7 Å². The maximum absolute atomic E-state index is 12.0. The minimum Gasteiger partial charge on any atom is -0.467 e. The minimum atomic E-state index is -0.495. The molecule has 0 aliphatic heterocycles. The van der Waals surface area contributed by atoms with Crippen molar-refractivity contribution < 1.29 is 14.3 Å². The van der Waals surface area contributed by atoms with Crippen LogP contribution in [0.4, 0.5) is 0 Å². The number of hydrogen-bond donors (Lipinski definition) is 0. The van der Waals surface area contributed by atoms with Gasteiger partial charge < -0.3 is 9.47 Å². The maximum Gasteiger partial charge on any atom is 0.341 e. The molecule has 0 saturated heterocycles. The summed E-state index contributed by atoms with van der Waals surface area (Å²) in [6, 6.07) is 7.26. The average molecular weight is 293 g/mol. The highest BCUT2D eigenvalue weighted by molar-refractivity contribution is 6.33. The zero-order chi connectivity index (χ0) is 14.5. The van der Waals surface area contributed by atoms with Crippen LogP contribution in [0, 0.1) is 0 Å². The Morgan fingerprint density at radius 3 is 2.75 bits per heavy atom. The molecular weight excluding hydrogens is 280 g/mol. The highest BCUT2D eigenvalue weighted by atomic mass is 35.5. The van der Waals surface area contributed by atoms with Crippen molar-refractivity contribution in [3.05, 3.63) is 41.0 Å². The highest BCUT2D eigenvalue weighted by Gasteiger charge is 2.19. The maximum atomic E-state index is 12.0. The summed E-state index contributed by atoms with van der Waals surface area (Å²) in [5.41, 5.74) is 1.26. The lowest BCUT2D eigenvalue weighted by molar-refractivity contribution is 0.0526. The third-order valence-corrected chi connectivity index (χ3v) is 2.90. The van der Waals surface area contributed by atoms with E-state index in [-0.39, 0.29) is 18.2 Å². The molecule has 0 fully saturated rings. The lowest BCUT2D eigenvalue weighted by atomic mass is 10.1. The van der Waals surface area contributed by atoms with E-state index in [9.17, 15) is 4.79 Å². The van der Waals surface area contributed by atoms with Crippen LogP contribution in [0.5, 0.6) is 6.01 Å². The summed E-state index contributed by atoms with van der Waals surface area (Å²) in [6.45, 7) is 2.00. The number of nitrogens with zero attached hydrogens (tertiary/aromatic N) is 2. The predicted octanol–water partition coefficient (Wildman–Crippen LogP) is 2.98. The number of methoxy groups -OCH3 is 1. The molecule has 104 valence electrons. The number of esters is 1. The van der Waals surface area contributed by atoms with Crippen molar-refractivity contribution >= 4 is 17.6 Å². The van der Waals surface area contributed by atoms with Gasteiger partial charge in [0.1, 0.15) is 5.56 Å². The van der Waals surface area contributed by atoms with Crippen LogP contribution >= 0.6 is 11.6 Å². The van der Waals surface area contributed by atoms with Crippen LogP contribution in [-0.2, 0) is 4.74 Å². The predicted molar refractivity (Wildman–Crippen MR) is 75.0 cm³/mol. The number of ether oxygens (including phenoxy) is 2. The van der Waals surface area contributed by atoms with Crippen molar-refractivity contribution in [2.45, 2.75) is 6.92 Å². The molecule has 6 heteroatoms. The summed E-state index contributed by atoms with van der Waals surface area (Å²) < 4.78 is 9.99. The Morgan fingerprint density at radius 1 is 1.35 bits per heavy atom. The van der Waals surface area contributed by atoms with Crippen LogP contribution in [0.3, 0.4) is 0 Å². The second kappa shape index (κ2) is 6.34. The highest BCUT2D eigenvalue weighted by Crippen LogP contribution is 2.29. The third kappa shape index (κ3) is 2.88. The van der Waals surface area contributed by atoms with E-state index in [0.717, 1.165) is 0 Å². The molecule has 0 unspecified atom stereocenters. The third-order valence-electron chi connectivity index (χ3n) is 2.57. The molecule has 0 saturated carbocycles. The van der Waals surface area contributed by atoms with E-state index in [1.165, 1.54) is 13.3 Å². The van der Waals surface area contributed by atoms with Crippen molar-refractivity contribution in [3.63, 3.8) is 0 Å². The second-order valence-electron chi connectivity index (χ2n) is 3.82. The average Bonchev–Trinajstić information content (AvgIpc) is 2.47. The van der Waals surface area contributed by atoms with Gasteiger partial charge in [-0.05, 0) is 13.0 Å². The fourth-order valence-electron chi connectivity index (χ4n) is 1.68. The number of carbonyl (C=O) groups excluding carboxylic acids is 1. The van der Waals surface area contributed by atoms with Gasteiger partial charge in [0, 0.05) is 16.8 Å². The summed E-state index contributed by atoms with van der Waals surface area (Å²) >= 11 is 6.15. The lowest BCUT2D eigenvalue weighted by Gasteiger charge is -2.10. The van der Waals surface area contributed by atoms with E-state index >= 15 is 0 Å². The molecule has 2 aromatic rings. The molecule has 5 nitrogen and oxygen atoms in total. The molecule has 0 bridgehead atoms. The molecule has 20 heavy (non-hydrogen) atoms. The Bertz CT molecular complexity index is 632. The van der Waals surface area contributed by atoms with E-state index in [4.69, 9.17) is 21.1 Å². The lowest BCUT2D eigenvalue weighted by Crippen LogP contribution is -2.09. The number of aromatic nitrogens is 2. The normalized spacial score (nSPS) is 10.2. The molecule has 1 aromatic heterocycles. The molecule has 1 heterocycles. The molecule has 0 N–H and O–H groups in total. The quantitative estimate of drug-likeness (QED) is 0.811. The molecule has 1 aromatic carbocycles. The molecule has 2 rings (SSSR count). The van der Waals surface area contributed by atoms with Gasteiger partial charge in [0.15, 0.2) is 0 Å². The van der Waals surface area contributed by atoms with Gasteiger partial charge in [0.25, 0.3) is 0 Å². The monoisotopic (exact) mass is 292 g/mol. The second-order valence-corrected chi connectivity index (χ2v) is 4.23. The van der Waals surface area contributed by atoms with E-state index in [0.29, 0.717) is 16.3 Å². The fraction of sp³-hybridized carbons (Fsp3) is 0.214. The number of rotatable bonds is 4. The van der Waals surface area contributed by atoms with Crippen LogP contribution in [0.25, 0.3) is 11.3 Å². The largest absolute Gasteiger partial charge is 0.467 e. The topological polar surface area (TPSA) is 61.3 Å². The molecule has 0 radical (unpaired) electrons. The molecule has 0 aliphatic rings. The smallest absolute Gasteiger partial charge is 0.341 e. The fourth-order valence-corrected chi connectivity index (χ4v) is 1.91. The molecule has 0 amide bonds. The van der Waals surface area contributed by atoms with Crippen LogP contribution in [0.1, 0.15) is 17.3 Å². The van der Waals surface area contributed by atoms with Crippen LogP contribution in [0.2, 0.25) is 5.02 Å². The zero-order valence-corrected chi connectivity index (χ0v) is 11.8. The SMILES string of the molecule is CCOC(=O)c1cnc(OC)nc1-c1ccccc1Cl. The van der Waals surface area contributed by atoms with Crippen LogP contribution < -0.4 is 4.74 Å². The molecular formula is C14H13ClN2O3. The Labute approximate surface area is 121 Å². The Morgan fingerprint density at radius 2 is 2.10 bits per heavy atom. The summed E-state index contributed by atoms with van der Waals surface area (Å²) in [5.74, 6) is -0.495. The number of benzene rings is 1. The van der Waals surface area contributed by atoms with E-state index in [1.807, 2.05) is 6.07 Å². The Kier molecular flexibility index (Phi) is 4.53. The van der Waals surface area contributed by atoms with Gasteiger partial charge >= 0.3 is 12.0 Å². The standard InChI is InChI=1S/C14H13ClN2O3/c1-3-20-13(18)10-8-16-14(19-2)17-12(10)9-6-4-5-7-11(9)15/h4-8H,3H2,1-2H3. The Hall–Kier alpha value is -2.14. The van der Waals surface area contributed by atoms with Gasteiger partial charge in [-0.25, -0.2) is 9.78 Å². The zero-order valence-electron chi connectivity index (χ0n) is 11.1. The summed E-state index contributed by atoms with van der Waals surface area (Å²) in [5, 5.41) is 0.485. The Balaban J connectivity index is 2.59. The number of carbonyl (C=O) groups is 1. The van der Waals surface area contributed by atoms with E-state index in [2.05, 4.69) is 9.97 Å². The van der Waals surface area contributed by atoms with E-state index in [1.54, 1.807) is 25.1 Å². The van der Waals surface area contributed by atoms with Crippen LogP contribution in [0.15, 0.2) is 30.5 Å². The van der Waals surface area contributed by atoms with Gasteiger partial charge in [0.2, 0.25) is 0 Å². The van der Waals surface area contributed by atoms with Gasteiger partial charge in [0.05, 0.1) is 19.4 Å². The summed E-state index contributed by atoms with van der Waals surface area (Å²) in [4.78, 5) is 20.1. The van der Waals surface area contributed by atoms with Crippen molar-refractivity contribution in [3.8, 4) is 17.3 Å². The first-order valence-electron chi connectivity index (χ1n) is 6.00. The molecule has 0 aliphatic carbocycles. The first-order chi connectivity index (χ1) is 9.67. The first kappa shape index (κ1) is 14.3. The van der Waals surface area contributed by atoms with Crippen molar-refractivity contribution in [2.75, 3.05) is 13.7 Å². The van der Waals surface area contributed by atoms with Crippen molar-refractivity contribution in [1.82, 2.24) is 9.97 Å². The van der Waals surface area contributed by atoms with E-state index < -0.39 is 5.97 Å². The summed E-state index contributed by atoms with van der Waals surface area (Å²) in [6.07, 6.45) is 1.38. The molecule has 0 spiro atoms. The number of hydrogen-bond acceptors (Lipinski definition) is 5. The number of halogens is 1. The summed E-state index contributed by atoms with van der Waals surface area (Å²) in [7, 11) is 1.45. The minimum absolute atomic E-state index is 0.160. The molecule has 0 atom stereocenters. The van der Waals surface area contributed by atoms with Gasteiger partial charge in [-0.3, -0.25) is 0 Å².